The van der Waals surface area contributed by atoms with Crippen molar-refractivity contribution < 1.29 is 18.3 Å². The van der Waals surface area contributed by atoms with Gasteiger partial charge in [0.2, 0.25) is 10.0 Å². The summed E-state index contributed by atoms with van der Waals surface area (Å²) in [4.78, 5) is 1.06. The average Bonchev–Trinajstić information content (AvgIpc) is 2.94. The van der Waals surface area contributed by atoms with Gasteiger partial charge in [-0.1, -0.05) is 18.2 Å². The van der Waals surface area contributed by atoms with Crippen LogP contribution in [-0.2, 0) is 14.8 Å². The van der Waals surface area contributed by atoms with Gasteiger partial charge in [0.15, 0.2) is 0 Å². The standard InChI is InChI=1S/C14H17NO4S2/c1-8-4-3-5-10-13(8)20-9(2)14(10)21(17,18)15-11-6-19-7-12(11)16/h3-5,11-12,15-16H,6-7H2,1-2H3/t11-,12-/m1/s1. The molecule has 1 aliphatic heterocycles. The summed E-state index contributed by atoms with van der Waals surface area (Å²) in [6, 6.07) is 5.06. The number of aryl methyl sites for hydroxylation is 2. The van der Waals surface area contributed by atoms with Gasteiger partial charge in [-0.05, 0) is 19.4 Å². The molecule has 7 heteroatoms. The fourth-order valence-corrected chi connectivity index (χ4v) is 5.72. The molecule has 2 atom stereocenters. The second-order valence-corrected chi connectivity index (χ2v) is 8.15. The van der Waals surface area contributed by atoms with Crippen molar-refractivity contribution in [3.63, 3.8) is 0 Å². The van der Waals surface area contributed by atoms with Crippen molar-refractivity contribution in [2.24, 2.45) is 0 Å². The molecule has 0 bridgehead atoms. The first kappa shape index (κ1) is 14.9. The first-order valence-corrected chi connectivity index (χ1v) is 8.97. The van der Waals surface area contributed by atoms with Gasteiger partial charge in [0.25, 0.3) is 0 Å². The number of ether oxygens (including phenoxy) is 1. The summed E-state index contributed by atoms with van der Waals surface area (Å²) >= 11 is 1.48. The van der Waals surface area contributed by atoms with E-state index in [0.717, 1.165) is 20.5 Å². The van der Waals surface area contributed by atoms with E-state index in [0.29, 0.717) is 4.90 Å². The van der Waals surface area contributed by atoms with Crippen LogP contribution in [-0.4, -0.2) is 38.9 Å². The second-order valence-electron chi connectivity index (χ2n) is 5.27. The van der Waals surface area contributed by atoms with Crippen LogP contribution < -0.4 is 4.72 Å². The van der Waals surface area contributed by atoms with E-state index >= 15 is 0 Å². The van der Waals surface area contributed by atoms with Gasteiger partial charge in [-0.3, -0.25) is 0 Å². The van der Waals surface area contributed by atoms with Gasteiger partial charge in [-0.25, -0.2) is 13.1 Å². The largest absolute Gasteiger partial charge is 0.389 e. The Morgan fingerprint density at radius 3 is 2.76 bits per heavy atom. The molecule has 0 unspecified atom stereocenters. The van der Waals surface area contributed by atoms with Crippen LogP contribution in [0, 0.1) is 13.8 Å². The Morgan fingerprint density at radius 2 is 2.10 bits per heavy atom. The zero-order valence-electron chi connectivity index (χ0n) is 11.8. The Hall–Kier alpha value is -0.990. The molecule has 1 aromatic carbocycles. The lowest BCUT2D eigenvalue weighted by atomic mass is 10.2. The summed E-state index contributed by atoms with van der Waals surface area (Å²) in [6.45, 7) is 4.13. The predicted octanol–water partition coefficient (Wildman–Crippen LogP) is 1.56. The zero-order valence-corrected chi connectivity index (χ0v) is 13.4. The molecule has 0 saturated carbocycles. The molecule has 0 spiro atoms. The number of sulfonamides is 1. The van der Waals surface area contributed by atoms with E-state index in [9.17, 15) is 13.5 Å². The maximum atomic E-state index is 12.7. The number of thiophene rings is 1. The van der Waals surface area contributed by atoms with Crippen molar-refractivity contribution in [2.75, 3.05) is 13.2 Å². The Kier molecular flexibility index (Phi) is 3.79. The van der Waals surface area contributed by atoms with Crippen LogP contribution >= 0.6 is 11.3 Å². The highest BCUT2D eigenvalue weighted by Crippen LogP contribution is 2.36. The third-order valence-electron chi connectivity index (χ3n) is 3.66. The van der Waals surface area contributed by atoms with Gasteiger partial charge in [0.1, 0.15) is 4.90 Å². The number of nitrogens with one attached hydrogen (secondary N) is 1. The van der Waals surface area contributed by atoms with Crippen LogP contribution in [0.1, 0.15) is 10.4 Å². The molecule has 2 heterocycles. The predicted molar refractivity (Wildman–Crippen MR) is 82.2 cm³/mol. The number of benzene rings is 1. The Labute approximate surface area is 127 Å². The van der Waals surface area contributed by atoms with Gasteiger partial charge in [-0.15, -0.1) is 11.3 Å². The Morgan fingerprint density at radius 1 is 1.33 bits per heavy atom. The van der Waals surface area contributed by atoms with Gasteiger partial charge < -0.3 is 9.84 Å². The van der Waals surface area contributed by atoms with E-state index in [1.165, 1.54) is 11.3 Å². The summed E-state index contributed by atoms with van der Waals surface area (Å²) in [5.74, 6) is 0. The van der Waals surface area contributed by atoms with Crippen molar-refractivity contribution in [1.29, 1.82) is 0 Å². The Bertz CT molecular complexity index is 782. The van der Waals surface area contributed by atoms with Crippen molar-refractivity contribution in [3.05, 3.63) is 28.6 Å². The van der Waals surface area contributed by atoms with Crippen molar-refractivity contribution >= 4 is 31.4 Å². The molecule has 0 radical (unpaired) electrons. The molecule has 2 aromatic rings. The molecule has 21 heavy (non-hydrogen) atoms. The van der Waals surface area contributed by atoms with Gasteiger partial charge in [0, 0.05) is 15.0 Å². The summed E-state index contributed by atoms with van der Waals surface area (Å²) in [7, 11) is -3.69. The maximum Gasteiger partial charge on any atom is 0.242 e. The third kappa shape index (κ3) is 2.60. The van der Waals surface area contributed by atoms with Gasteiger partial charge in [0.05, 0.1) is 25.4 Å². The fraction of sp³-hybridized carbons (Fsp3) is 0.429. The first-order chi connectivity index (χ1) is 9.90. The van der Waals surface area contributed by atoms with Crippen LogP contribution in [0.5, 0.6) is 0 Å². The topological polar surface area (TPSA) is 75.6 Å². The highest BCUT2D eigenvalue weighted by atomic mass is 32.2. The zero-order chi connectivity index (χ0) is 15.2. The van der Waals surface area contributed by atoms with Crippen LogP contribution in [0.15, 0.2) is 23.1 Å². The molecule has 2 N–H and O–H groups in total. The highest BCUT2D eigenvalue weighted by molar-refractivity contribution is 7.90. The number of rotatable bonds is 3. The number of fused-ring (bicyclic) bond motifs is 1. The maximum absolute atomic E-state index is 12.7. The number of hydrogen-bond acceptors (Lipinski definition) is 5. The van der Waals surface area contributed by atoms with Crippen molar-refractivity contribution in [2.45, 2.75) is 30.9 Å². The molecule has 5 nitrogen and oxygen atoms in total. The van der Waals surface area contributed by atoms with Crippen LogP contribution in [0.3, 0.4) is 0 Å². The van der Waals surface area contributed by atoms with Crippen LogP contribution in [0.25, 0.3) is 10.1 Å². The van der Waals surface area contributed by atoms with Gasteiger partial charge in [-0.2, -0.15) is 0 Å². The minimum Gasteiger partial charge on any atom is -0.389 e. The molecule has 3 rings (SSSR count). The normalized spacial score (nSPS) is 23.0. The lowest BCUT2D eigenvalue weighted by Crippen LogP contribution is -2.42. The van der Waals surface area contributed by atoms with E-state index in [2.05, 4.69) is 4.72 Å². The third-order valence-corrected chi connectivity index (χ3v) is 6.72. The SMILES string of the molecule is Cc1sc2c(C)cccc2c1S(=O)(=O)N[C@@H]1COC[C@H]1O. The number of hydrogen-bond donors (Lipinski definition) is 2. The fourth-order valence-electron chi connectivity index (χ4n) is 2.60. The van der Waals surface area contributed by atoms with E-state index in [1.54, 1.807) is 6.92 Å². The van der Waals surface area contributed by atoms with E-state index in [-0.39, 0.29) is 13.2 Å². The smallest absolute Gasteiger partial charge is 0.242 e. The summed E-state index contributed by atoms with van der Waals surface area (Å²) < 4.78 is 34.0. The molecular formula is C14H17NO4S2. The van der Waals surface area contributed by atoms with E-state index < -0.39 is 22.2 Å². The van der Waals surface area contributed by atoms with E-state index in [4.69, 9.17) is 4.74 Å². The average molecular weight is 327 g/mol. The quantitative estimate of drug-likeness (QED) is 0.897. The molecule has 1 aliphatic rings. The number of aliphatic hydroxyl groups excluding tert-OH is 1. The van der Waals surface area contributed by atoms with Crippen molar-refractivity contribution in [1.82, 2.24) is 4.72 Å². The van der Waals surface area contributed by atoms with Gasteiger partial charge >= 0.3 is 0 Å². The molecule has 1 saturated heterocycles. The highest BCUT2D eigenvalue weighted by Gasteiger charge is 2.32. The minimum absolute atomic E-state index is 0.162. The summed E-state index contributed by atoms with van der Waals surface area (Å²) in [5.41, 5.74) is 1.06. The second kappa shape index (κ2) is 5.33. The number of aliphatic hydroxyl groups is 1. The summed E-state index contributed by atoms with van der Waals surface area (Å²) in [5, 5.41) is 10.5. The monoisotopic (exact) mass is 327 g/mol. The molecule has 1 fully saturated rings. The van der Waals surface area contributed by atoms with E-state index in [1.807, 2.05) is 25.1 Å². The van der Waals surface area contributed by atoms with Crippen LogP contribution in [0.4, 0.5) is 0 Å². The molecule has 0 amide bonds. The molecule has 1 aromatic heterocycles. The van der Waals surface area contributed by atoms with Crippen molar-refractivity contribution in [3.8, 4) is 0 Å². The lowest BCUT2D eigenvalue weighted by Gasteiger charge is -2.15. The Balaban J connectivity index is 2.06. The van der Waals surface area contributed by atoms with Crippen LogP contribution in [0.2, 0.25) is 0 Å². The molecular weight excluding hydrogens is 310 g/mol. The minimum atomic E-state index is -3.69. The lowest BCUT2D eigenvalue weighted by molar-refractivity contribution is 0.124. The first-order valence-electron chi connectivity index (χ1n) is 6.67. The summed E-state index contributed by atoms with van der Waals surface area (Å²) in [6.07, 6.45) is -0.799. The molecule has 0 aliphatic carbocycles. The molecule has 114 valence electrons.